The third kappa shape index (κ3) is 5.16. The minimum absolute atomic E-state index is 0.275. The lowest BCUT2D eigenvalue weighted by atomic mass is 10.5. The van der Waals surface area contributed by atoms with Gasteiger partial charge in [0, 0.05) is 5.75 Å². The van der Waals surface area contributed by atoms with Crippen molar-refractivity contribution in [2.24, 2.45) is 0 Å². The van der Waals surface area contributed by atoms with Crippen molar-refractivity contribution in [2.45, 2.75) is 13.7 Å². The molecule has 5 nitrogen and oxygen atoms in total. The Morgan fingerprint density at radius 3 is 2.63 bits per heavy atom. The van der Waals surface area contributed by atoms with Crippen LogP contribution in [0.15, 0.2) is 4.60 Å². The summed E-state index contributed by atoms with van der Waals surface area (Å²) in [6.45, 7) is 3.31. The predicted octanol–water partition coefficient (Wildman–Crippen LogP) is 2.52. The number of ether oxygens (including phenoxy) is 2. The van der Waals surface area contributed by atoms with Crippen molar-refractivity contribution in [3.05, 3.63) is 10.3 Å². The van der Waals surface area contributed by atoms with Gasteiger partial charge in [0.05, 0.1) is 13.2 Å². The van der Waals surface area contributed by atoms with Crippen molar-refractivity contribution in [3.8, 4) is 6.01 Å². The molecule has 0 atom stereocenters. The molecule has 0 aliphatic rings. The molecular weight excluding hydrogens is 332 g/mol. The van der Waals surface area contributed by atoms with E-state index >= 15 is 0 Å². The molecule has 0 saturated carbocycles. The third-order valence-corrected chi connectivity index (χ3v) is 4.35. The Balaban J connectivity index is 2.67. The van der Waals surface area contributed by atoms with Crippen LogP contribution in [0.4, 0.5) is 0 Å². The summed E-state index contributed by atoms with van der Waals surface area (Å²) in [6.07, 6.45) is 7.48. The standard InChI is InChI=1S/C12H21BrN2O3S/c1-5-18-12-14-11(13)10(8-16)15(12)9-17-6-7-19(2,3)4/h8H,5-7,9H2,1-4H3. The van der Waals surface area contributed by atoms with Crippen LogP contribution in [0.5, 0.6) is 6.01 Å². The second-order valence-electron chi connectivity index (χ2n) is 4.88. The maximum atomic E-state index is 11.1. The van der Waals surface area contributed by atoms with Gasteiger partial charge < -0.3 is 9.47 Å². The van der Waals surface area contributed by atoms with Gasteiger partial charge in [0.2, 0.25) is 0 Å². The highest BCUT2D eigenvalue weighted by Crippen LogP contribution is 2.33. The summed E-state index contributed by atoms with van der Waals surface area (Å²) in [5.41, 5.74) is 0.437. The molecule has 0 saturated heterocycles. The molecule has 0 unspecified atom stereocenters. The Labute approximate surface area is 124 Å². The molecule has 0 bridgehead atoms. The SMILES string of the molecule is CCOc1nc(Br)c(C=O)n1COCCS(C)(C)C. The number of halogens is 1. The first-order chi connectivity index (χ1) is 8.89. The van der Waals surface area contributed by atoms with E-state index in [0.29, 0.717) is 29.5 Å². The normalized spacial score (nSPS) is 12.5. The number of carbonyl (C=O) groups excluding carboxylic acids is 1. The molecular formula is C12H21BrN2O3S. The zero-order chi connectivity index (χ0) is 14.5. The lowest BCUT2D eigenvalue weighted by Crippen LogP contribution is -2.13. The maximum Gasteiger partial charge on any atom is 0.299 e. The highest BCUT2D eigenvalue weighted by Gasteiger charge is 2.16. The van der Waals surface area contributed by atoms with Crippen LogP contribution in [0.25, 0.3) is 0 Å². The lowest BCUT2D eigenvalue weighted by Gasteiger charge is -2.24. The van der Waals surface area contributed by atoms with Gasteiger partial charge in [-0.25, -0.2) is 10.0 Å². The van der Waals surface area contributed by atoms with Gasteiger partial charge in [0.1, 0.15) is 17.0 Å². The van der Waals surface area contributed by atoms with E-state index in [1.165, 1.54) is 0 Å². The highest BCUT2D eigenvalue weighted by molar-refractivity contribution is 9.10. The van der Waals surface area contributed by atoms with Gasteiger partial charge in [0.25, 0.3) is 6.01 Å². The minimum Gasteiger partial charge on any atom is -0.465 e. The Kier molecular flexibility index (Phi) is 6.35. The topological polar surface area (TPSA) is 53.3 Å². The number of carbonyl (C=O) groups is 1. The average molecular weight is 353 g/mol. The van der Waals surface area contributed by atoms with E-state index in [2.05, 4.69) is 39.7 Å². The number of hydrogen-bond donors (Lipinski definition) is 0. The number of imidazole rings is 1. The zero-order valence-corrected chi connectivity index (χ0v) is 14.2. The summed E-state index contributed by atoms with van der Waals surface area (Å²) in [6, 6.07) is 0.402. The van der Waals surface area contributed by atoms with Gasteiger partial charge in [-0.2, -0.15) is 4.98 Å². The monoisotopic (exact) mass is 352 g/mol. The summed E-state index contributed by atoms with van der Waals surface area (Å²) in [5.74, 6) is 1.03. The lowest BCUT2D eigenvalue weighted by molar-refractivity contribution is 0.0781. The number of aldehydes is 1. The number of aromatic nitrogens is 2. The molecule has 7 heteroatoms. The summed E-state index contributed by atoms with van der Waals surface area (Å²) < 4.78 is 13.1. The molecule has 0 N–H and O–H groups in total. The Hall–Kier alpha value is -0.530. The third-order valence-electron chi connectivity index (χ3n) is 2.37. The van der Waals surface area contributed by atoms with E-state index in [1.807, 2.05) is 6.92 Å². The molecule has 0 fully saturated rings. The molecule has 19 heavy (non-hydrogen) atoms. The molecule has 0 amide bonds. The molecule has 0 aromatic carbocycles. The van der Waals surface area contributed by atoms with Gasteiger partial charge >= 0.3 is 0 Å². The number of hydrogen-bond acceptors (Lipinski definition) is 4. The molecule has 0 radical (unpaired) electrons. The molecule has 110 valence electrons. The van der Waals surface area contributed by atoms with Crippen LogP contribution in [0.3, 0.4) is 0 Å². The fourth-order valence-electron chi connectivity index (χ4n) is 1.36. The van der Waals surface area contributed by atoms with Crippen LogP contribution in [-0.2, 0) is 11.5 Å². The van der Waals surface area contributed by atoms with Crippen molar-refractivity contribution >= 4 is 32.2 Å². The van der Waals surface area contributed by atoms with Crippen molar-refractivity contribution in [1.82, 2.24) is 9.55 Å². The zero-order valence-electron chi connectivity index (χ0n) is 11.8. The largest absolute Gasteiger partial charge is 0.465 e. The minimum atomic E-state index is -0.569. The first-order valence-electron chi connectivity index (χ1n) is 5.96. The van der Waals surface area contributed by atoms with Gasteiger partial charge in [-0.15, -0.1) is 0 Å². The smallest absolute Gasteiger partial charge is 0.299 e. The molecule has 0 spiro atoms. The van der Waals surface area contributed by atoms with Crippen molar-refractivity contribution in [3.63, 3.8) is 0 Å². The summed E-state index contributed by atoms with van der Waals surface area (Å²) in [4.78, 5) is 15.2. The molecule has 0 aliphatic heterocycles. The van der Waals surface area contributed by atoms with Crippen LogP contribution in [0.2, 0.25) is 0 Å². The second kappa shape index (κ2) is 7.31. The van der Waals surface area contributed by atoms with Crippen molar-refractivity contribution < 1.29 is 14.3 Å². The van der Waals surface area contributed by atoms with Crippen LogP contribution in [-0.4, -0.2) is 53.6 Å². The average Bonchev–Trinajstić information content (AvgIpc) is 2.60. The van der Waals surface area contributed by atoms with Crippen molar-refractivity contribution in [1.29, 1.82) is 0 Å². The van der Waals surface area contributed by atoms with E-state index in [9.17, 15) is 4.79 Å². The molecule has 0 aliphatic carbocycles. The number of rotatable bonds is 8. The molecule has 1 heterocycles. The maximum absolute atomic E-state index is 11.1. The second-order valence-corrected chi connectivity index (χ2v) is 10.2. The van der Waals surface area contributed by atoms with Crippen LogP contribution >= 0.6 is 26.0 Å². The molecule has 1 aromatic rings. The van der Waals surface area contributed by atoms with Crippen LogP contribution < -0.4 is 4.74 Å². The summed E-state index contributed by atoms with van der Waals surface area (Å²) >= 11 is 3.24. The van der Waals surface area contributed by atoms with Crippen LogP contribution in [0.1, 0.15) is 17.4 Å². The quantitative estimate of drug-likeness (QED) is 0.532. The predicted molar refractivity (Wildman–Crippen MR) is 82.7 cm³/mol. The van der Waals surface area contributed by atoms with Crippen LogP contribution in [0, 0.1) is 0 Å². The highest BCUT2D eigenvalue weighted by atomic mass is 79.9. The van der Waals surface area contributed by atoms with Gasteiger partial charge in [-0.05, 0) is 41.6 Å². The Bertz CT molecular complexity index is 429. The fourth-order valence-corrected chi connectivity index (χ4v) is 2.43. The van der Waals surface area contributed by atoms with Gasteiger partial charge in [-0.3, -0.25) is 9.36 Å². The van der Waals surface area contributed by atoms with E-state index < -0.39 is 10.0 Å². The molecule has 1 rings (SSSR count). The van der Waals surface area contributed by atoms with E-state index in [4.69, 9.17) is 9.47 Å². The first-order valence-corrected chi connectivity index (χ1v) is 9.78. The fraction of sp³-hybridized carbons (Fsp3) is 0.667. The van der Waals surface area contributed by atoms with E-state index in [-0.39, 0.29) is 6.73 Å². The van der Waals surface area contributed by atoms with E-state index in [1.54, 1.807) is 4.57 Å². The van der Waals surface area contributed by atoms with Gasteiger partial charge in [0.15, 0.2) is 6.29 Å². The molecule has 1 aromatic heterocycles. The Morgan fingerprint density at radius 2 is 2.11 bits per heavy atom. The number of nitrogens with zero attached hydrogens (tertiary/aromatic N) is 2. The Morgan fingerprint density at radius 1 is 1.42 bits per heavy atom. The van der Waals surface area contributed by atoms with E-state index in [0.717, 1.165) is 12.0 Å². The summed E-state index contributed by atoms with van der Waals surface area (Å²) in [5, 5.41) is 0. The summed E-state index contributed by atoms with van der Waals surface area (Å²) in [7, 11) is -0.569. The first kappa shape index (κ1) is 16.5. The van der Waals surface area contributed by atoms with Crippen molar-refractivity contribution in [2.75, 3.05) is 37.7 Å². The van der Waals surface area contributed by atoms with Gasteiger partial charge in [-0.1, -0.05) is 0 Å².